The van der Waals surface area contributed by atoms with Crippen LogP contribution in [0.5, 0.6) is 0 Å². The van der Waals surface area contributed by atoms with Gasteiger partial charge in [0, 0.05) is 44.8 Å². The fourth-order valence-electron chi connectivity index (χ4n) is 3.22. The summed E-state index contributed by atoms with van der Waals surface area (Å²) in [5.41, 5.74) is 2.89. The maximum atomic E-state index is 12.4. The second-order valence-electron chi connectivity index (χ2n) is 6.89. The normalized spacial score (nSPS) is 17.5. The van der Waals surface area contributed by atoms with Gasteiger partial charge in [0.2, 0.25) is 5.91 Å². The number of hydrogen-bond acceptors (Lipinski definition) is 5. The standard InChI is InChI=1S/C19H26N6O2/c1-13-4-5-15(10-14(13)2)22-19(27)23-17(26)12-25-9-6-20-11-16(25)18-21-7-8-24(18)3/h4-5,7-8,10,16,20H,6,9,11-12H2,1-3H3,(H2,22,23,26,27). The Morgan fingerprint density at radius 2 is 2.11 bits per heavy atom. The number of carbonyl (C=O) groups is 2. The number of anilines is 1. The van der Waals surface area contributed by atoms with E-state index in [4.69, 9.17) is 0 Å². The van der Waals surface area contributed by atoms with Crippen molar-refractivity contribution in [2.24, 2.45) is 7.05 Å². The van der Waals surface area contributed by atoms with E-state index in [1.165, 1.54) is 0 Å². The number of rotatable bonds is 4. The van der Waals surface area contributed by atoms with Crippen LogP contribution in [0, 0.1) is 13.8 Å². The lowest BCUT2D eigenvalue weighted by atomic mass is 10.1. The summed E-state index contributed by atoms with van der Waals surface area (Å²) in [6, 6.07) is 5.11. The Morgan fingerprint density at radius 3 is 2.81 bits per heavy atom. The summed E-state index contributed by atoms with van der Waals surface area (Å²) in [5.74, 6) is 0.562. The van der Waals surface area contributed by atoms with Gasteiger partial charge in [-0.05, 0) is 37.1 Å². The Kier molecular flexibility index (Phi) is 5.88. The largest absolute Gasteiger partial charge is 0.337 e. The molecule has 2 heterocycles. The number of benzene rings is 1. The third kappa shape index (κ3) is 4.72. The van der Waals surface area contributed by atoms with Crippen LogP contribution in [0.2, 0.25) is 0 Å². The molecule has 8 nitrogen and oxygen atoms in total. The number of imide groups is 1. The van der Waals surface area contributed by atoms with Crippen LogP contribution in [0.3, 0.4) is 0 Å². The van der Waals surface area contributed by atoms with Gasteiger partial charge >= 0.3 is 6.03 Å². The summed E-state index contributed by atoms with van der Waals surface area (Å²) in [4.78, 5) is 30.9. The molecule has 3 N–H and O–H groups in total. The first-order chi connectivity index (χ1) is 12.9. The quantitative estimate of drug-likeness (QED) is 0.755. The molecule has 0 bridgehead atoms. The zero-order valence-electron chi connectivity index (χ0n) is 16.0. The van der Waals surface area contributed by atoms with Crippen molar-refractivity contribution in [2.45, 2.75) is 19.9 Å². The van der Waals surface area contributed by atoms with Gasteiger partial charge in [0.05, 0.1) is 12.6 Å². The van der Waals surface area contributed by atoms with Crippen LogP contribution in [-0.4, -0.2) is 52.6 Å². The van der Waals surface area contributed by atoms with Gasteiger partial charge in [0.1, 0.15) is 5.82 Å². The van der Waals surface area contributed by atoms with E-state index < -0.39 is 6.03 Å². The maximum Gasteiger partial charge on any atom is 0.325 e. The lowest BCUT2D eigenvalue weighted by molar-refractivity contribution is -0.121. The van der Waals surface area contributed by atoms with E-state index >= 15 is 0 Å². The van der Waals surface area contributed by atoms with Crippen molar-refractivity contribution < 1.29 is 9.59 Å². The number of carbonyl (C=O) groups excluding carboxylic acids is 2. The average Bonchev–Trinajstić information content (AvgIpc) is 3.04. The predicted octanol–water partition coefficient (Wildman–Crippen LogP) is 1.33. The van der Waals surface area contributed by atoms with Gasteiger partial charge < -0.3 is 15.2 Å². The monoisotopic (exact) mass is 370 g/mol. The molecule has 2 aromatic rings. The first-order valence-electron chi connectivity index (χ1n) is 9.04. The highest BCUT2D eigenvalue weighted by atomic mass is 16.2. The number of amides is 3. The van der Waals surface area contributed by atoms with Crippen LogP contribution in [0.15, 0.2) is 30.6 Å². The number of aromatic nitrogens is 2. The molecule has 0 aliphatic carbocycles. The van der Waals surface area contributed by atoms with E-state index in [1.807, 2.05) is 54.8 Å². The molecule has 0 saturated carbocycles. The second kappa shape index (κ2) is 8.32. The molecule has 0 spiro atoms. The zero-order chi connectivity index (χ0) is 19.4. The Hall–Kier alpha value is -2.71. The van der Waals surface area contributed by atoms with Crippen LogP contribution < -0.4 is 16.0 Å². The van der Waals surface area contributed by atoms with Crippen molar-refractivity contribution >= 4 is 17.6 Å². The molecule has 1 unspecified atom stereocenters. The molecular weight excluding hydrogens is 344 g/mol. The molecule has 1 atom stereocenters. The van der Waals surface area contributed by atoms with Gasteiger partial charge in [-0.25, -0.2) is 9.78 Å². The molecule has 27 heavy (non-hydrogen) atoms. The minimum absolute atomic E-state index is 0.00712. The number of nitrogens with one attached hydrogen (secondary N) is 3. The van der Waals surface area contributed by atoms with Crippen LogP contribution in [0.25, 0.3) is 0 Å². The predicted molar refractivity (Wildman–Crippen MR) is 103 cm³/mol. The molecule has 8 heteroatoms. The Bertz CT molecular complexity index is 831. The fourth-order valence-corrected chi connectivity index (χ4v) is 3.22. The van der Waals surface area contributed by atoms with E-state index in [9.17, 15) is 9.59 Å². The molecule has 1 fully saturated rings. The Balaban J connectivity index is 1.58. The van der Waals surface area contributed by atoms with E-state index in [-0.39, 0.29) is 18.5 Å². The minimum Gasteiger partial charge on any atom is -0.337 e. The van der Waals surface area contributed by atoms with Gasteiger partial charge in [-0.1, -0.05) is 6.07 Å². The highest BCUT2D eigenvalue weighted by Gasteiger charge is 2.28. The number of imidazole rings is 1. The lowest BCUT2D eigenvalue weighted by Gasteiger charge is -2.35. The van der Waals surface area contributed by atoms with E-state index in [1.54, 1.807) is 6.20 Å². The third-order valence-electron chi connectivity index (χ3n) is 4.88. The van der Waals surface area contributed by atoms with Crippen LogP contribution in [0.1, 0.15) is 23.0 Å². The number of aryl methyl sites for hydroxylation is 3. The fraction of sp³-hybridized carbons (Fsp3) is 0.421. The summed E-state index contributed by atoms with van der Waals surface area (Å²) < 4.78 is 1.95. The van der Waals surface area contributed by atoms with Crippen molar-refractivity contribution in [1.82, 2.24) is 25.1 Å². The molecule has 1 aromatic carbocycles. The van der Waals surface area contributed by atoms with Gasteiger partial charge in [0.15, 0.2) is 0 Å². The SMILES string of the molecule is Cc1ccc(NC(=O)NC(=O)CN2CCNCC2c2nccn2C)cc1C. The van der Waals surface area contributed by atoms with Crippen molar-refractivity contribution in [2.75, 3.05) is 31.5 Å². The van der Waals surface area contributed by atoms with Gasteiger partial charge in [-0.2, -0.15) is 0 Å². The van der Waals surface area contributed by atoms with Gasteiger partial charge in [-0.3, -0.25) is 15.0 Å². The number of piperazine rings is 1. The van der Waals surface area contributed by atoms with Crippen molar-refractivity contribution in [3.8, 4) is 0 Å². The van der Waals surface area contributed by atoms with Crippen molar-refractivity contribution in [3.05, 3.63) is 47.5 Å². The van der Waals surface area contributed by atoms with E-state index in [2.05, 4.69) is 20.9 Å². The molecule has 1 aromatic heterocycles. The van der Waals surface area contributed by atoms with Crippen LogP contribution in [-0.2, 0) is 11.8 Å². The molecule has 144 valence electrons. The zero-order valence-corrected chi connectivity index (χ0v) is 16.0. The van der Waals surface area contributed by atoms with E-state index in [0.717, 1.165) is 23.5 Å². The molecule has 3 amide bonds. The second-order valence-corrected chi connectivity index (χ2v) is 6.89. The van der Waals surface area contributed by atoms with Crippen LogP contribution >= 0.6 is 0 Å². The summed E-state index contributed by atoms with van der Waals surface area (Å²) >= 11 is 0. The number of hydrogen-bond donors (Lipinski definition) is 3. The Labute approximate surface area is 159 Å². The van der Waals surface area contributed by atoms with Gasteiger partial charge in [0.25, 0.3) is 0 Å². The molecule has 0 radical (unpaired) electrons. The van der Waals surface area contributed by atoms with Crippen molar-refractivity contribution in [1.29, 1.82) is 0 Å². The van der Waals surface area contributed by atoms with Gasteiger partial charge in [-0.15, -0.1) is 0 Å². The number of nitrogens with zero attached hydrogens (tertiary/aromatic N) is 3. The summed E-state index contributed by atoms with van der Waals surface area (Å²) in [5, 5.41) is 8.45. The summed E-state index contributed by atoms with van der Waals surface area (Å²) in [7, 11) is 1.94. The first kappa shape index (κ1) is 19.1. The highest BCUT2D eigenvalue weighted by Crippen LogP contribution is 2.19. The molecule has 1 saturated heterocycles. The smallest absolute Gasteiger partial charge is 0.325 e. The molecule has 1 aliphatic rings. The minimum atomic E-state index is -0.521. The maximum absolute atomic E-state index is 12.4. The van der Waals surface area contributed by atoms with Crippen LogP contribution in [0.4, 0.5) is 10.5 Å². The first-order valence-corrected chi connectivity index (χ1v) is 9.04. The topological polar surface area (TPSA) is 91.3 Å². The summed E-state index contributed by atoms with van der Waals surface area (Å²) in [6.07, 6.45) is 3.64. The lowest BCUT2D eigenvalue weighted by Crippen LogP contribution is -2.51. The molecule has 1 aliphatic heterocycles. The van der Waals surface area contributed by atoms with Crippen molar-refractivity contribution in [3.63, 3.8) is 0 Å². The summed E-state index contributed by atoms with van der Waals surface area (Å²) in [6.45, 7) is 6.35. The molecular formula is C19H26N6O2. The van der Waals surface area contributed by atoms with E-state index in [0.29, 0.717) is 18.8 Å². The Morgan fingerprint density at radius 1 is 1.30 bits per heavy atom. The molecule has 3 rings (SSSR count). The third-order valence-corrected chi connectivity index (χ3v) is 4.88. The highest BCUT2D eigenvalue weighted by molar-refractivity contribution is 6.01. The average molecular weight is 370 g/mol. The number of urea groups is 1.